The van der Waals surface area contributed by atoms with Gasteiger partial charge in [-0.3, -0.25) is 14.3 Å². The highest BCUT2D eigenvalue weighted by atomic mass is 16.5. The molecule has 1 aliphatic rings. The number of ether oxygens (including phenoxy) is 1. The summed E-state index contributed by atoms with van der Waals surface area (Å²) in [6.45, 7) is 4.56. The van der Waals surface area contributed by atoms with Crippen molar-refractivity contribution in [3.63, 3.8) is 0 Å². The van der Waals surface area contributed by atoms with E-state index in [1.807, 2.05) is 41.1 Å². The second-order valence-corrected chi connectivity index (χ2v) is 8.52. The minimum Gasteiger partial charge on any atom is -0.481 e. The third-order valence-electron chi connectivity index (χ3n) is 6.34. The maximum atomic E-state index is 13.6. The number of aryl methyl sites for hydroxylation is 1. The molecule has 0 amide bonds. The minimum atomic E-state index is -0.0297. The molecule has 7 heteroatoms. The van der Waals surface area contributed by atoms with E-state index in [1.54, 1.807) is 7.11 Å². The lowest BCUT2D eigenvalue weighted by molar-refractivity contribution is 0.175. The number of pyridine rings is 1. The molecule has 2 N–H and O–H groups in total. The first kappa shape index (κ1) is 23.1. The topological polar surface area (TPSA) is 86.3 Å². The van der Waals surface area contributed by atoms with Crippen LogP contribution in [0, 0.1) is 0 Å². The van der Waals surface area contributed by atoms with Crippen molar-refractivity contribution < 1.29 is 4.74 Å². The molecule has 1 aliphatic carbocycles. The van der Waals surface area contributed by atoms with Crippen LogP contribution in [0.25, 0.3) is 0 Å². The van der Waals surface area contributed by atoms with E-state index < -0.39 is 0 Å². The van der Waals surface area contributed by atoms with Gasteiger partial charge in [0.05, 0.1) is 25.4 Å². The summed E-state index contributed by atoms with van der Waals surface area (Å²) < 4.78 is 7.09. The maximum Gasteiger partial charge on any atom is 0.257 e. The normalized spacial score (nSPS) is 13.8. The molecule has 4 rings (SSSR count). The Morgan fingerprint density at radius 3 is 2.64 bits per heavy atom. The van der Waals surface area contributed by atoms with E-state index in [9.17, 15) is 4.79 Å². The highest BCUT2D eigenvalue weighted by Crippen LogP contribution is 2.27. The number of aromatic nitrogens is 3. The number of hydrogen-bond donors (Lipinski definition) is 1. The summed E-state index contributed by atoms with van der Waals surface area (Å²) in [6, 6.07) is 14.0. The van der Waals surface area contributed by atoms with E-state index in [-0.39, 0.29) is 11.6 Å². The lowest BCUT2D eigenvalue weighted by atomic mass is 10.1. The van der Waals surface area contributed by atoms with Crippen LogP contribution in [0.4, 0.5) is 0 Å². The largest absolute Gasteiger partial charge is 0.481 e. The predicted molar refractivity (Wildman–Crippen MR) is 129 cm³/mol. The molecule has 0 fully saturated rings. The second kappa shape index (κ2) is 10.7. The molecule has 2 heterocycles. The van der Waals surface area contributed by atoms with Gasteiger partial charge < -0.3 is 10.5 Å². The Morgan fingerprint density at radius 1 is 1.15 bits per heavy atom. The molecule has 1 unspecified atom stereocenters. The highest BCUT2D eigenvalue weighted by molar-refractivity contribution is 5.26. The van der Waals surface area contributed by atoms with Crippen molar-refractivity contribution in [3.05, 3.63) is 87.2 Å². The van der Waals surface area contributed by atoms with Gasteiger partial charge in [0, 0.05) is 37.5 Å². The van der Waals surface area contributed by atoms with E-state index in [0.717, 1.165) is 53.9 Å². The highest BCUT2D eigenvalue weighted by Gasteiger charge is 2.28. The first-order valence-electron chi connectivity index (χ1n) is 11.7. The fourth-order valence-corrected chi connectivity index (χ4v) is 4.69. The van der Waals surface area contributed by atoms with Crippen molar-refractivity contribution in [1.82, 2.24) is 19.4 Å². The molecule has 1 aromatic carbocycles. The van der Waals surface area contributed by atoms with E-state index in [1.165, 1.54) is 0 Å². The second-order valence-electron chi connectivity index (χ2n) is 8.52. The molecule has 7 nitrogen and oxygen atoms in total. The van der Waals surface area contributed by atoms with Crippen molar-refractivity contribution in [2.75, 3.05) is 20.2 Å². The zero-order valence-corrected chi connectivity index (χ0v) is 19.5. The molecular weight excluding hydrogens is 414 g/mol. The molecule has 0 spiro atoms. The summed E-state index contributed by atoms with van der Waals surface area (Å²) in [7, 11) is 1.61. The van der Waals surface area contributed by atoms with Crippen molar-refractivity contribution in [3.8, 4) is 5.88 Å². The summed E-state index contributed by atoms with van der Waals surface area (Å²) in [5.41, 5.74) is 10.1. The van der Waals surface area contributed by atoms with Crippen LogP contribution in [-0.4, -0.2) is 39.6 Å². The maximum absolute atomic E-state index is 13.6. The van der Waals surface area contributed by atoms with Crippen molar-refractivity contribution >= 4 is 0 Å². The van der Waals surface area contributed by atoms with Crippen LogP contribution in [-0.2, 0) is 25.9 Å². The Balaban J connectivity index is 1.74. The Kier molecular flexibility index (Phi) is 7.52. The van der Waals surface area contributed by atoms with Crippen LogP contribution in [0.1, 0.15) is 54.0 Å². The van der Waals surface area contributed by atoms with Gasteiger partial charge >= 0.3 is 0 Å². The smallest absolute Gasteiger partial charge is 0.257 e. The third-order valence-corrected chi connectivity index (χ3v) is 6.34. The number of nitrogens with zero attached hydrogens (tertiary/aromatic N) is 4. The van der Waals surface area contributed by atoms with Crippen molar-refractivity contribution in [2.24, 2.45) is 5.73 Å². The third kappa shape index (κ3) is 5.15. The fraction of sp³-hybridized carbons (Fsp3) is 0.423. The van der Waals surface area contributed by atoms with Crippen LogP contribution in [0.5, 0.6) is 5.88 Å². The molecule has 1 atom stereocenters. The first-order valence-corrected chi connectivity index (χ1v) is 11.7. The SMILES string of the molecule is CCC(c1nc2c(c(=O)n1Cc1ccccc1)CCC2)N(CCN)Cc1ccc(OC)nc1. The summed E-state index contributed by atoms with van der Waals surface area (Å²) in [5.74, 6) is 1.43. The van der Waals surface area contributed by atoms with Gasteiger partial charge in [-0.15, -0.1) is 0 Å². The minimum absolute atomic E-state index is 0.0297. The standard InChI is InChI=1S/C26H33N5O2/c1-3-23(30(15-14-27)17-20-12-13-24(33-2)28-16-20)25-29-22-11-7-10-21(22)26(32)31(25)18-19-8-5-4-6-9-19/h4-6,8-9,12-13,16,23H,3,7,10-11,14-15,17-18,27H2,1-2H3. The average molecular weight is 448 g/mol. The number of nitrogens with two attached hydrogens (primary N) is 1. The number of rotatable bonds is 10. The number of fused-ring (bicyclic) bond motifs is 1. The van der Waals surface area contributed by atoms with Gasteiger partial charge in [0.1, 0.15) is 5.82 Å². The Hall–Kier alpha value is -3.03. The predicted octanol–water partition coefficient (Wildman–Crippen LogP) is 3.10. The van der Waals surface area contributed by atoms with Gasteiger partial charge in [0.15, 0.2) is 0 Å². The van der Waals surface area contributed by atoms with Gasteiger partial charge in [-0.25, -0.2) is 9.97 Å². The summed E-state index contributed by atoms with van der Waals surface area (Å²) in [6.07, 6.45) is 5.34. The summed E-state index contributed by atoms with van der Waals surface area (Å²) in [4.78, 5) is 25.3. The molecule has 0 bridgehead atoms. The van der Waals surface area contributed by atoms with Crippen LogP contribution >= 0.6 is 0 Å². The van der Waals surface area contributed by atoms with E-state index >= 15 is 0 Å². The fourth-order valence-electron chi connectivity index (χ4n) is 4.69. The monoisotopic (exact) mass is 447 g/mol. The Bertz CT molecular complexity index is 1110. The summed E-state index contributed by atoms with van der Waals surface area (Å²) in [5, 5.41) is 0. The quantitative estimate of drug-likeness (QED) is 0.514. The van der Waals surface area contributed by atoms with Gasteiger partial charge in [0.25, 0.3) is 5.56 Å². The molecular formula is C26H33N5O2. The van der Waals surface area contributed by atoms with Crippen LogP contribution in [0.3, 0.4) is 0 Å². The average Bonchev–Trinajstić information content (AvgIpc) is 3.32. The molecule has 3 aromatic rings. The summed E-state index contributed by atoms with van der Waals surface area (Å²) >= 11 is 0. The number of benzene rings is 1. The van der Waals surface area contributed by atoms with Crippen LogP contribution < -0.4 is 16.0 Å². The molecule has 2 aromatic heterocycles. The van der Waals surface area contributed by atoms with Crippen molar-refractivity contribution in [1.29, 1.82) is 0 Å². The zero-order chi connectivity index (χ0) is 23.2. The molecule has 0 radical (unpaired) electrons. The Labute approximate surface area is 195 Å². The first-order chi connectivity index (χ1) is 16.1. The van der Waals surface area contributed by atoms with E-state index in [0.29, 0.717) is 32.1 Å². The molecule has 174 valence electrons. The van der Waals surface area contributed by atoms with Gasteiger partial charge in [0.2, 0.25) is 5.88 Å². The van der Waals surface area contributed by atoms with Crippen LogP contribution in [0.2, 0.25) is 0 Å². The van der Waals surface area contributed by atoms with Crippen molar-refractivity contribution in [2.45, 2.75) is 51.7 Å². The number of hydrogen-bond acceptors (Lipinski definition) is 6. The van der Waals surface area contributed by atoms with Gasteiger partial charge in [-0.05, 0) is 36.8 Å². The molecule has 0 saturated carbocycles. The van der Waals surface area contributed by atoms with Crippen LogP contribution in [0.15, 0.2) is 53.5 Å². The molecule has 33 heavy (non-hydrogen) atoms. The van der Waals surface area contributed by atoms with E-state index in [4.69, 9.17) is 15.5 Å². The molecule has 0 saturated heterocycles. The zero-order valence-electron chi connectivity index (χ0n) is 19.5. The lowest BCUT2D eigenvalue weighted by Gasteiger charge is -2.32. The van der Waals surface area contributed by atoms with Gasteiger partial charge in [-0.1, -0.05) is 43.3 Å². The lowest BCUT2D eigenvalue weighted by Crippen LogP contribution is -2.38. The molecule has 0 aliphatic heterocycles. The Morgan fingerprint density at radius 2 is 1.97 bits per heavy atom. The van der Waals surface area contributed by atoms with Gasteiger partial charge in [-0.2, -0.15) is 0 Å². The van der Waals surface area contributed by atoms with E-state index in [2.05, 4.69) is 28.9 Å². The number of methoxy groups -OCH3 is 1.